The van der Waals surface area contributed by atoms with E-state index in [-0.39, 0.29) is 30.1 Å². The highest BCUT2D eigenvalue weighted by atomic mass is 16.5. The fourth-order valence-corrected chi connectivity index (χ4v) is 4.65. The molecule has 1 atom stereocenters. The summed E-state index contributed by atoms with van der Waals surface area (Å²) >= 11 is 0. The second-order valence-corrected chi connectivity index (χ2v) is 8.76. The van der Waals surface area contributed by atoms with Gasteiger partial charge in [0, 0.05) is 24.3 Å². The maximum absolute atomic E-state index is 13.2. The van der Waals surface area contributed by atoms with Crippen LogP contribution in [0.4, 0.5) is 5.69 Å². The van der Waals surface area contributed by atoms with Crippen molar-refractivity contribution in [2.24, 2.45) is 0 Å². The van der Waals surface area contributed by atoms with Crippen molar-refractivity contribution in [3.8, 4) is 5.75 Å². The van der Waals surface area contributed by atoms with Crippen molar-refractivity contribution in [1.82, 2.24) is 20.0 Å². The Morgan fingerprint density at radius 1 is 1.18 bits per heavy atom. The maximum Gasteiger partial charge on any atom is 0.276 e. The molecule has 1 aliphatic carbocycles. The average molecular weight is 454 g/mol. The number of carbonyl (C=O) groups excluding carboxylic acids is 3. The van der Waals surface area contributed by atoms with Crippen LogP contribution in [0.2, 0.25) is 0 Å². The molecule has 2 aromatic rings. The van der Waals surface area contributed by atoms with Gasteiger partial charge < -0.3 is 20.3 Å². The molecule has 2 N–H and O–H groups in total. The van der Waals surface area contributed by atoms with Gasteiger partial charge in [0.05, 0.1) is 13.2 Å². The van der Waals surface area contributed by atoms with Gasteiger partial charge in [-0.2, -0.15) is 5.10 Å². The summed E-state index contributed by atoms with van der Waals surface area (Å²) in [4.78, 5) is 40.8. The fourth-order valence-electron chi connectivity index (χ4n) is 4.65. The lowest BCUT2D eigenvalue weighted by atomic mass is 9.94. The van der Waals surface area contributed by atoms with E-state index in [2.05, 4.69) is 15.7 Å². The van der Waals surface area contributed by atoms with Gasteiger partial charge in [0.2, 0.25) is 5.91 Å². The molecule has 4 rings (SSSR count). The van der Waals surface area contributed by atoms with Gasteiger partial charge in [-0.1, -0.05) is 12.8 Å². The standard InChI is InChI=1S/C24H31N5O4/c1-4-28-22(31)20-14-19(21(30)25-17-10-12-18(13-11-17)33-5-2)27-29(20)15-24(28,3)23(32)26-16-8-6-7-9-16/h10-14,16H,4-9,15H2,1-3H3,(H,25,30)(H,26,32). The Kier molecular flexibility index (Phi) is 6.40. The van der Waals surface area contributed by atoms with Crippen LogP contribution in [0.15, 0.2) is 30.3 Å². The molecule has 2 heterocycles. The molecule has 33 heavy (non-hydrogen) atoms. The van der Waals surface area contributed by atoms with Crippen molar-refractivity contribution in [3.63, 3.8) is 0 Å². The highest BCUT2D eigenvalue weighted by Gasteiger charge is 2.48. The molecule has 3 amide bonds. The van der Waals surface area contributed by atoms with E-state index in [9.17, 15) is 14.4 Å². The highest BCUT2D eigenvalue weighted by molar-refractivity contribution is 6.06. The Morgan fingerprint density at radius 2 is 1.88 bits per heavy atom. The van der Waals surface area contributed by atoms with Gasteiger partial charge in [-0.3, -0.25) is 19.1 Å². The van der Waals surface area contributed by atoms with Crippen molar-refractivity contribution in [2.45, 2.75) is 64.6 Å². The Hall–Kier alpha value is -3.36. The Balaban J connectivity index is 1.53. The molecule has 176 valence electrons. The molecule has 1 aromatic heterocycles. The summed E-state index contributed by atoms with van der Waals surface area (Å²) in [5.74, 6) is -0.186. The van der Waals surface area contributed by atoms with Crippen molar-refractivity contribution in [3.05, 3.63) is 41.7 Å². The molecular weight excluding hydrogens is 422 g/mol. The zero-order valence-corrected chi connectivity index (χ0v) is 19.4. The Bertz CT molecular complexity index is 1040. The third-order valence-corrected chi connectivity index (χ3v) is 6.45. The van der Waals surface area contributed by atoms with E-state index >= 15 is 0 Å². The number of aromatic nitrogens is 2. The van der Waals surface area contributed by atoms with Gasteiger partial charge in [0.15, 0.2) is 5.69 Å². The topological polar surface area (TPSA) is 106 Å². The lowest BCUT2D eigenvalue weighted by Crippen LogP contribution is -2.64. The van der Waals surface area contributed by atoms with Crippen LogP contribution < -0.4 is 15.4 Å². The number of carbonyl (C=O) groups is 3. The van der Waals surface area contributed by atoms with E-state index in [1.54, 1.807) is 36.1 Å². The first-order chi connectivity index (χ1) is 15.9. The number of hydrogen-bond acceptors (Lipinski definition) is 5. The van der Waals surface area contributed by atoms with Crippen LogP contribution in [-0.4, -0.2) is 57.1 Å². The molecule has 9 heteroatoms. The van der Waals surface area contributed by atoms with Crippen LogP contribution in [0.25, 0.3) is 0 Å². The van der Waals surface area contributed by atoms with Crippen LogP contribution in [0, 0.1) is 0 Å². The largest absolute Gasteiger partial charge is 0.494 e. The Labute approximate surface area is 193 Å². The number of benzene rings is 1. The van der Waals surface area contributed by atoms with Crippen molar-refractivity contribution in [2.75, 3.05) is 18.5 Å². The molecule has 0 bridgehead atoms. The van der Waals surface area contributed by atoms with E-state index in [1.165, 1.54) is 10.7 Å². The minimum atomic E-state index is -1.07. The fraction of sp³-hybridized carbons (Fsp3) is 0.500. The summed E-state index contributed by atoms with van der Waals surface area (Å²) in [6.07, 6.45) is 4.14. The SMILES string of the molecule is CCOc1ccc(NC(=O)c2cc3n(n2)CC(C)(C(=O)NC2CCCC2)N(CC)C3=O)cc1. The van der Waals surface area contributed by atoms with Crippen molar-refractivity contribution < 1.29 is 19.1 Å². The first kappa shape index (κ1) is 22.8. The summed E-state index contributed by atoms with van der Waals surface area (Å²) in [6, 6.07) is 8.67. The monoisotopic (exact) mass is 453 g/mol. The number of fused-ring (bicyclic) bond motifs is 1. The molecule has 2 aliphatic rings. The smallest absolute Gasteiger partial charge is 0.276 e. The van der Waals surface area contributed by atoms with Crippen LogP contribution in [0.5, 0.6) is 5.75 Å². The number of rotatable bonds is 7. The number of ether oxygens (including phenoxy) is 1. The summed E-state index contributed by atoms with van der Waals surface area (Å²) in [5.41, 5.74) is -0.0451. The first-order valence-corrected chi connectivity index (χ1v) is 11.6. The molecule has 1 aliphatic heterocycles. The minimum Gasteiger partial charge on any atom is -0.494 e. The number of amides is 3. The highest BCUT2D eigenvalue weighted by Crippen LogP contribution is 2.29. The maximum atomic E-state index is 13.2. The summed E-state index contributed by atoms with van der Waals surface area (Å²) in [5, 5.41) is 10.3. The van der Waals surface area contributed by atoms with E-state index in [4.69, 9.17) is 4.74 Å². The molecule has 0 saturated heterocycles. The molecule has 1 saturated carbocycles. The first-order valence-electron chi connectivity index (χ1n) is 11.6. The summed E-state index contributed by atoms with van der Waals surface area (Å²) < 4.78 is 6.90. The van der Waals surface area contributed by atoms with Crippen molar-refractivity contribution >= 4 is 23.4 Å². The lowest BCUT2D eigenvalue weighted by Gasteiger charge is -2.43. The van der Waals surface area contributed by atoms with Crippen LogP contribution in [0.3, 0.4) is 0 Å². The third kappa shape index (κ3) is 4.44. The van der Waals surface area contributed by atoms with Gasteiger partial charge in [0.1, 0.15) is 17.0 Å². The van der Waals surface area contributed by atoms with E-state index < -0.39 is 11.4 Å². The van der Waals surface area contributed by atoms with E-state index in [0.29, 0.717) is 30.3 Å². The van der Waals surface area contributed by atoms with E-state index in [1.807, 2.05) is 13.8 Å². The molecular formula is C24H31N5O4. The predicted molar refractivity (Wildman–Crippen MR) is 123 cm³/mol. The Morgan fingerprint density at radius 3 is 2.52 bits per heavy atom. The number of likely N-dealkylation sites (N-methyl/N-ethyl adjacent to an activating group) is 1. The third-order valence-electron chi connectivity index (χ3n) is 6.45. The summed E-state index contributed by atoms with van der Waals surface area (Å²) in [6.45, 7) is 6.66. The minimum absolute atomic E-state index is 0.128. The quantitative estimate of drug-likeness (QED) is 0.671. The number of anilines is 1. The van der Waals surface area contributed by atoms with Crippen LogP contribution in [-0.2, 0) is 11.3 Å². The average Bonchev–Trinajstić information content (AvgIpc) is 3.45. The number of hydrogen-bond donors (Lipinski definition) is 2. The van der Waals surface area contributed by atoms with Gasteiger partial charge in [-0.15, -0.1) is 0 Å². The van der Waals surface area contributed by atoms with E-state index in [0.717, 1.165) is 25.7 Å². The second kappa shape index (κ2) is 9.25. The van der Waals surface area contributed by atoms with Crippen LogP contribution in [0.1, 0.15) is 67.4 Å². The second-order valence-electron chi connectivity index (χ2n) is 8.76. The zero-order chi connectivity index (χ0) is 23.6. The lowest BCUT2D eigenvalue weighted by molar-refractivity contribution is -0.133. The molecule has 0 spiro atoms. The molecule has 1 aromatic carbocycles. The molecule has 9 nitrogen and oxygen atoms in total. The zero-order valence-electron chi connectivity index (χ0n) is 19.4. The normalized spacial score (nSPS) is 20.5. The van der Waals surface area contributed by atoms with Crippen LogP contribution >= 0.6 is 0 Å². The molecule has 0 radical (unpaired) electrons. The molecule has 1 unspecified atom stereocenters. The van der Waals surface area contributed by atoms with Crippen molar-refractivity contribution in [1.29, 1.82) is 0 Å². The van der Waals surface area contributed by atoms with Gasteiger partial charge in [-0.05, 0) is 57.9 Å². The number of nitrogens with one attached hydrogen (secondary N) is 2. The van der Waals surface area contributed by atoms with Gasteiger partial charge >= 0.3 is 0 Å². The number of nitrogens with zero attached hydrogens (tertiary/aromatic N) is 3. The van der Waals surface area contributed by atoms with Gasteiger partial charge in [0.25, 0.3) is 11.8 Å². The summed E-state index contributed by atoms with van der Waals surface area (Å²) in [7, 11) is 0. The predicted octanol–water partition coefficient (Wildman–Crippen LogP) is 2.83. The van der Waals surface area contributed by atoms with Gasteiger partial charge in [-0.25, -0.2) is 0 Å². The molecule has 1 fully saturated rings.